The topological polar surface area (TPSA) is 70.0 Å². The van der Waals surface area contributed by atoms with Gasteiger partial charge in [-0.05, 0) is 28.8 Å². The van der Waals surface area contributed by atoms with Crippen molar-refractivity contribution in [3.05, 3.63) is 16.9 Å². The Labute approximate surface area is 144 Å². The van der Waals surface area contributed by atoms with Crippen molar-refractivity contribution in [3.8, 4) is 0 Å². The standard InChI is InChI=1S/C16H23BrFN5/c1-2-3-5-20-13-8-22-16-14(13)15(10(17)7-21-16)23-6-4-11(18)12(19)9-23/h7-8,11-12,20H,2-6,9,19H2,1H3,(H,21,22)/t11-,12+/m0/s1. The number of nitrogens with two attached hydrogens (primary N) is 1. The van der Waals surface area contributed by atoms with Gasteiger partial charge in [0.15, 0.2) is 0 Å². The smallest absolute Gasteiger partial charge is 0.141 e. The van der Waals surface area contributed by atoms with Crippen LogP contribution in [0.15, 0.2) is 16.9 Å². The van der Waals surface area contributed by atoms with Crippen molar-refractivity contribution in [2.24, 2.45) is 5.73 Å². The first kappa shape index (κ1) is 16.5. The third kappa shape index (κ3) is 3.30. The number of pyridine rings is 1. The van der Waals surface area contributed by atoms with E-state index in [1.165, 1.54) is 0 Å². The number of unbranched alkanes of at least 4 members (excludes halogenated alkanes) is 1. The third-order valence-corrected chi connectivity index (χ3v) is 4.94. The van der Waals surface area contributed by atoms with Crippen LogP contribution in [-0.4, -0.2) is 41.8 Å². The normalized spacial score (nSPS) is 21.8. The molecule has 1 fully saturated rings. The van der Waals surface area contributed by atoms with E-state index in [0.717, 1.165) is 46.3 Å². The molecule has 23 heavy (non-hydrogen) atoms. The first-order valence-corrected chi connectivity index (χ1v) is 8.95. The molecule has 0 aliphatic carbocycles. The Morgan fingerprint density at radius 3 is 3.13 bits per heavy atom. The van der Waals surface area contributed by atoms with Gasteiger partial charge in [-0.3, -0.25) is 0 Å². The molecule has 0 unspecified atom stereocenters. The fraction of sp³-hybridized carbons (Fsp3) is 0.562. The lowest BCUT2D eigenvalue weighted by atomic mass is 10.0. The molecule has 0 spiro atoms. The van der Waals surface area contributed by atoms with Crippen LogP contribution in [0.1, 0.15) is 26.2 Å². The summed E-state index contributed by atoms with van der Waals surface area (Å²) in [6.07, 6.45) is 5.53. The predicted molar refractivity (Wildman–Crippen MR) is 96.9 cm³/mol. The second-order valence-corrected chi connectivity index (χ2v) is 6.93. The molecule has 2 atom stereocenters. The van der Waals surface area contributed by atoms with Gasteiger partial charge in [-0.2, -0.15) is 0 Å². The number of aromatic nitrogens is 2. The summed E-state index contributed by atoms with van der Waals surface area (Å²) < 4.78 is 14.6. The van der Waals surface area contributed by atoms with Gasteiger partial charge >= 0.3 is 0 Å². The van der Waals surface area contributed by atoms with Gasteiger partial charge in [0.1, 0.15) is 11.8 Å². The molecule has 5 nitrogen and oxygen atoms in total. The Balaban J connectivity index is 1.97. The van der Waals surface area contributed by atoms with E-state index < -0.39 is 12.2 Å². The predicted octanol–water partition coefficient (Wildman–Crippen LogP) is 3.41. The lowest BCUT2D eigenvalue weighted by molar-refractivity contribution is 0.244. The highest BCUT2D eigenvalue weighted by atomic mass is 79.9. The molecule has 0 saturated carbocycles. The molecule has 1 aliphatic rings. The van der Waals surface area contributed by atoms with Crippen molar-refractivity contribution in [2.75, 3.05) is 29.9 Å². The number of nitrogens with one attached hydrogen (secondary N) is 2. The highest BCUT2D eigenvalue weighted by molar-refractivity contribution is 9.10. The van der Waals surface area contributed by atoms with Gasteiger partial charge < -0.3 is 20.9 Å². The zero-order valence-electron chi connectivity index (χ0n) is 13.3. The zero-order chi connectivity index (χ0) is 16.4. The maximum absolute atomic E-state index is 13.7. The average molecular weight is 384 g/mol. The minimum absolute atomic E-state index is 0.450. The summed E-state index contributed by atoms with van der Waals surface area (Å²) in [5.74, 6) is 0. The molecule has 0 aromatic carbocycles. The summed E-state index contributed by atoms with van der Waals surface area (Å²) in [5.41, 5.74) is 8.85. The van der Waals surface area contributed by atoms with Crippen molar-refractivity contribution in [2.45, 2.75) is 38.4 Å². The molecule has 7 heteroatoms. The number of piperidine rings is 1. The number of hydrogen-bond acceptors (Lipinski definition) is 4. The minimum atomic E-state index is -0.921. The van der Waals surface area contributed by atoms with E-state index in [1.54, 1.807) is 6.20 Å². The van der Waals surface area contributed by atoms with Crippen LogP contribution in [0, 0.1) is 0 Å². The second-order valence-electron chi connectivity index (χ2n) is 6.08. The van der Waals surface area contributed by atoms with E-state index in [9.17, 15) is 4.39 Å². The fourth-order valence-corrected chi connectivity index (χ4v) is 3.61. The van der Waals surface area contributed by atoms with Crippen LogP contribution < -0.4 is 16.0 Å². The Bertz CT molecular complexity index is 674. The summed E-state index contributed by atoms with van der Waals surface area (Å²) in [7, 11) is 0. The summed E-state index contributed by atoms with van der Waals surface area (Å²) in [6, 6.07) is -0.450. The molecule has 1 aliphatic heterocycles. The molecule has 3 heterocycles. The van der Waals surface area contributed by atoms with E-state index in [-0.39, 0.29) is 0 Å². The van der Waals surface area contributed by atoms with Gasteiger partial charge in [0.2, 0.25) is 0 Å². The van der Waals surface area contributed by atoms with Crippen molar-refractivity contribution in [1.29, 1.82) is 0 Å². The van der Waals surface area contributed by atoms with Gasteiger partial charge in [0, 0.05) is 32.0 Å². The summed E-state index contributed by atoms with van der Waals surface area (Å²) >= 11 is 3.61. The van der Waals surface area contributed by atoms with E-state index in [4.69, 9.17) is 5.73 Å². The van der Waals surface area contributed by atoms with Crippen molar-refractivity contribution in [1.82, 2.24) is 9.97 Å². The third-order valence-electron chi connectivity index (χ3n) is 4.36. The van der Waals surface area contributed by atoms with E-state index in [1.807, 2.05) is 6.20 Å². The number of hydrogen-bond donors (Lipinski definition) is 3. The quantitative estimate of drug-likeness (QED) is 0.691. The first-order chi connectivity index (χ1) is 11.1. The van der Waals surface area contributed by atoms with Gasteiger partial charge in [0.25, 0.3) is 0 Å². The lowest BCUT2D eigenvalue weighted by Crippen LogP contribution is -2.49. The van der Waals surface area contributed by atoms with Crippen LogP contribution in [0.5, 0.6) is 0 Å². The Hall–Kier alpha value is -1.34. The maximum Gasteiger partial charge on any atom is 0.141 e. The molecule has 0 amide bonds. The number of H-pyrrole nitrogens is 1. The summed E-state index contributed by atoms with van der Waals surface area (Å²) in [5, 5.41) is 4.51. The van der Waals surface area contributed by atoms with Crippen molar-refractivity contribution in [3.63, 3.8) is 0 Å². The van der Waals surface area contributed by atoms with Gasteiger partial charge in [-0.15, -0.1) is 0 Å². The van der Waals surface area contributed by atoms with Crippen LogP contribution in [0.25, 0.3) is 11.0 Å². The summed E-state index contributed by atoms with van der Waals surface area (Å²) in [6.45, 7) is 4.26. The fourth-order valence-electron chi connectivity index (χ4n) is 3.06. The molecule has 0 bridgehead atoms. The maximum atomic E-state index is 13.7. The SMILES string of the molecule is CCCCNc1c[nH]c2ncc(Br)c(N3CC[C@H](F)[C@H](N)C3)c12. The number of aromatic amines is 1. The van der Waals surface area contributed by atoms with Crippen LogP contribution >= 0.6 is 15.9 Å². The van der Waals surface area contributed by atoms with Crippen molar-refractivity contribution >= 4 is 38.3 Å². The number of rotatable bonds is 5. The van der Waals surface area contributed by atoms with Crippen LogP contribution in [-0.2, 0) is 0 Å². The molecule has 1 saturated heterocycles. The molecule has 2 aromatic heterocycles. The lowest BCUT2D eigenvalue weighted by Gasteiger charge is -2.35. The van der Waals surface area contributed by atoms with Gasteiger partial charge in [-0.25, -0.2) is 9.37 Å². The second kappa shape index (κ2) is 7.05. The van der Waals surface area contributed by atoms with Gasteiger partial charge in [-0.1, -0.05) is 13.3 Å². The summed E-state index contributed by atoms with van der Waals surface area (Å²) in [4.78, 5) is 9.82. The molecular formula is C16H23BrFN5. The molecule has 126 valence electrons. The van der Waals surface area contributed by atoms with Crippen LogP contribution in [0.3, 0.4) is 0 Å². The molecule has 0 radical (unpaired) electrons. The molecule has 3 rings (SSSR count). The first-order valence-electron chi connectivity index (χ1n) is 8.15. The van der Waals surface area contributed by atoms with Crippen molar-refractivity contribution < 1.29 is 4.39 Å². The molecule has 4 N–H and O–H groups in total. The Morgan fingerprint density at radius 2 is 2.39 bits per heavy atom. The average Bonchev–Trinajstić information content (AvgIpc) is 2.94. The van der Waals surface area contributed by atoms with Crippen LogP contribution in [0.4, 0.5) is 15.8 Å². The number of halogens is 2. The van der Waals surface area contributed by atoms with E-state index in [0.29, 0.717) is 19.5 Å². The van der Waals surface area contributed by atoms with E-state index in [2.05, 4.69) is 43.0 Å². The number of fused-ring (bicyclic) bond motifs is 1. The number of alkyl halides is 1. The number of anilines is 2. The Kier molecular flexibility index (Phi) is 5.06. The molecule has 2 aromatic rings. The monoisotopic (exact) mass is 383 g/mol. The molecular weight excluding hydrogens is 361 g/mol. The van der Waals surface area contributed by atoms with Gasteiger partial charge in [0.05, 0.1) is 27.3 Å². The number of nitrogens with zero attached hydrogens (tertiary/aromatic N) is 2. The highest BCUT2D eigenvalue weighted by Gasteiger charge is 2.29. The minimum Gasteiger partial charge on any atom is -0.383 e. The van der Waals surface area contributed by atoms with Crippen LogP contribution in [0.2, 0.25) is 0 Å². The largest absolute Gasteiger partial charge is 0.383 e. The highest BCUT2D eigenvalue weighted by Crippen LogP contribution is 2.38. The zero-order valence-corrected chi connectivity index (χ0v) is 14.9. The Morgan fingerprint density at radius 1 is 1.57 bits per heavy atom. The van der Waals surface area contributed by atoms with E-state index >= 15 is 0 Å².